The van der Waals surface area contributed by atoms with Crippen molar-refractivity contribution in [2.75, 3.05) is 0 Å². The zero-order valence-corrected chi connectivity index (χ0v) is 8.05. The lowest BCUT2D eigenvalue weighted by Gasteiger charge is -2.04. The summed E-state index contributed by atoms with van der Waals surface area (Å²) >= 11 is 15.7. The molecule has 0 aliphatic rings. The van der Waals surface area contributed by atoms with Gasteiger partial charge in [0.1, 0.15) is 0 Å². The highest BCUT2D eigenvalue weighted by Crippen LogP contribution is 2.27. The Morgan fingerprint density at radius 2 is 2.00 bits per heavy atom. The van der Waals surface area contributed by atoms with Crippen LogP contribution >= 0.6 is 35.8 Å². The number of benzene rings is 1. The van der Waals surface area contributed by atoms with Gasteiger partial charge < -0.3 is 0 Å². The van der Waals surface area contributed by atoms with Gasteiger partial charge in [0.15, 0.2) is 0 Å². The van der Waals surface area contributed by atoms with E-state index in [1.807, 2.05) is 0 Å². The summed E-state index contributed by atoms with van der Waals surface area (Å²) in [5.74, 6) is 0. The first-order chi connectivity index (χ1) is 5.15. The molecule has 0 atom stereocenters. The zero-order chi connectivity index (χ0) is 8.43. The van der Waals surface area contributed by atoms with Gasteiger partial charge in [-0.15, -0.1) is 12.6 Å². The normalized spacial score (nSPS) is 10.1. The Balaban J connectivity index is 3.24. The highest BCUT2D eigenvalue weighted by atomic mass is 35.5. The Bertz CT molecular complexity index is 275. The van der Waals surface area contributed by atoms with Gasteiger partial charge in [-0.2, -0.15) is 0 Å². The van der Waals surface area contributed by atoms with Crippen LogP contribution in [-0.2, 0) is 6.32 Å². The van der Waals surface area contributed by atoms with E-state index in [2.05, 4.69) is 12.6 Å². The molecule has 0 aliphatic heterocycles. The van der Waals surface area contributed by atoms with Crippen LogP contribution in [0.5, 0.6) is 0 Å². The Hall–Kier alpha value is 0.215. The van der Waals surface area contributed by atoms with Crippen molar-refractivity contribution < 1.29 is 0 Å². The summed E-state index contributed by atoms with van der Waals surface area (Å²) in [6.07, 6.45) is 0.402. The van der Waals surface area contributed by atoms with E-state index in [0.29, 0.717) is 21.3 Å². The van der Waals surface area contributed by atoms with E-state index in [-0.39, 0.29) is 0 Å². The monoisotopic (exact) mass is 202 g/mol. The van der Waals surface area contributed by atoms with E-state index in [4.69, 9.17) is 31.0 Å². The molecule has 1 rings (SSSR count). The predicted molar refractivity (Wildman–Crippen MR) is 53.2 cm³/mol. The number of thiol groups is 1. The van der Waals surface area contributed by atoms with Crippen molar-refractivity contribution in [2.45, 2.75) is 11.2 Å². The van der Waals surface area contributed by atoms with Gasteiger partial charge >= 0.3 is 0 Å². The van der Waals surface area contributed by atoms with Gasteiger partial charge in [-0.05, 0) is 17.7 Å². The molecule has 0 N–H and O–H groups in total. The molecule has 2 radical (unpaired) electrons. The Kier molecular flexibility index (Phi) is 3.17. The number of hydrogen-bond acceptors (Lipinski definition) is 1. The molecule has 0 aliphatic carbocycles. The smallest absolute Gasteiger partial charge is 0.0717 e. The molecule has 0 heterocycles. The van der Waals surface area contributed by atoms with Crippen LogP contribution in [0.2, 0.25) is 10.0 Å². The molecular formula is C7H5BCl2S. The number of halogens is 2. The van der Waals surface area contributed by atoms with Crippen LogP contribution in [0, 0.1) is 0 Å². The largest absolute Gasteiger partial charge is 0.142 e. The van der Waals surface area contributed by atoms with Crippen molar-refractivity contribution in [3.8, 4) is 0 Å². The fourth-order valence-electron chi connectivity index (χ4n) is 0.775. The molecule has 0 amide bonds. The second-order valence-corrected chi connectivity index (χ2v) is 3.39. The summed E-state index contributed by atoms with van der Waals surface area (Å²) < 4.78 is 0. The maximum atomic E-state index is 5.78. The molecular weight excluding hydrogens is 198 g/mol. The third-order valence-electron chi connectivity index (χ3n) is 1.33. The molecule has 0 unspecified atom stereocenters. The van der Waals surface area contributed by atoms with Gasteiger partial charge in [0, 0.05) is 9.92 Å². The van der Waals surface area contributed by atoms with Crippen LogP contribution in [0.25, 0.3) is 0 Å². The molecule has 11 heavy (non-hydrogen) atoms. The topological polar surface area (TPSA) is 0 Å². The van der Waals surface area contributed by atoms with Crippen molar-refractivity contribution in [3.63, 3.8) is 0 Å². The molecule has 1 aromatic carbocycles. The minimum atomic E-state index is 0.402. The number of hydrogen-bond donors (Lipinski definition) is 1. The highest BCUT2D eigenvalue weighted by molar-refractivity contribution is 7.80. The average Bonchev–Trinajstić information content (AvgIpc) is 1.96. The maximum absolute atomic E-state index is 5.78. The van der Waals surface area contributed by atoms with E-state index in [1.54, 1.807) is 12.1 Å². The summed E-state index contributed by atoms with van der Waals surface area (Å²) in [6, 6.07) is 3.40. The Morgan fingerprint density at radius 3 is 2.55 bits per heavy atom. The first kappa shape index (κ1) is 9.30. The van der Waals surface area contributed by atoms with Gasteiger partial charge in [-0.25, -0.2) is 0 Å². The molecule has 0 saturated carbocycles. The SMILES string of the molecule is [B]Cc1cc(Cl)cc(Cl)c1S. The average molecular weight is 203 g/mol. The molecule has 4 heteroatoms. The maximum Gasteiger partial charge on any atom is 0.0717 e. The lowest BCUT2D eigenvalue weighted by atomic mass is 9.97. The fraction of sp³-hybridized carbons (Fsp3) is 0.143. The zero-order valence-electron chi connectivity index (χ0n) is 5.64. The molecule has 1 aromatic rings. The second kappa shape index (κ2) is 3.75. The lowest BCUT2D eigenvalue weighted by molar-refractivity contribution is 1.27. The molecule has 0 saturated heterocycles. The first-order valence-electron chi connectivity index (χ1n) is 3.02. The summed E-state index contributed by atoms with van der Waals surface area (Å²) in [5.41, 5.74) is 0.867. The van der Waals surface area contributed by atoms with Crippen molar-refractivity contribution in [3.05, 3.63) is 27.7 Å². The van der Waals surface area contributed by atoms with E-state index in [9.17, 15) is 0 Å². The third kappa shape index (κ3) is 2.08. The van der Waals surface area contributed by atoms with Crippen LogP contribution in [0.4, 0.5) is 0 Å². The third-order valence-corrected chi connectivity index (χ3v) is 2.50. The van der Waals surface area contributed by atoms with E-state index in [1.165, 1.54) is 0 Å². The second-order valence-electron chi connectivity index (χ2n) is 2.10. The fourth-order valence-corrected chi connectivity index (χ4v) is 1.53. The van der Waals surface area contributed by atoms with Crippen molar-refractivity contribution in [1.82, 2.24) is 0 Å². The lowest BCUT2D eigenvalue weighted by Crippen LogP contribution is -1.86. The van der Waals surface area contributed by atoms with Crippen molar-refractivity contribution in [2.24, 2.45) is 0 Å². The van der Waals surface area contributed by atoms with Crippen LogP contribution in [0.15, 0.2) is 17.0 Å². The number of rotatable bonds is 1. The predicted octanol–water partition coefficient (Wildman–Crippen LogP) is 2.95. The van der Waals surface area contributed by atoms with E-state index in [0.717, 1.165) is 5.56 Å². The molecule has 0 fully saturated rings. The van der Waals surface area contributed by atoms with Gasteiger partial charge in [0.2, 0.25) is 0 Å². The van der Waals surface area contributed by atoms with Gasteiger partial charge in [0.25, 0.3) is 0 Å². The van der Waals surface area contributed by atoms with Crippen LogP contribution in [0.1, 0.15) is 5.56 Å². The summed E-state index contributed by atoms with van der Waals surface area (Å²) in [5, 5.41) is 1.13. The van der Waals surface area contributed by atoms with Crippen LogP contribution < -0.4 is 0 Å². The summed E-state index contributed by atoms with van der Waals surface area (Å²) in [6.45, 7) is 0. The summed E-state index contributed by atoms with van der Waals surface area (Å²) in [7, 11) is 5.42. The van der Waals surface area contributed by atoms with Crippen molar-refractivity contribution in [1.29, 1.82) is 0 Å². The summed E-state index contributed by atoms with van der Waals surface area (Å²) in [4.78, 5) is 0.707. The first-order valence-corrected chi connectivity index (χ1v) is 4.22. The molecule has 0 spiro atoms. The minimum absolute atomic E-state index is 0.402. The van der Waals surface area contributed by atoms with Gasteiger partial charge in [-0.3, -0.25) is 0 Å². The van der Waals surface area contributed by atoms with E-state index < -0.39 is 0 Å². The van der Waals surface area contributed by atoms with Gasteiger partial charge in [0.05, 0.1) is 12.9 Å². The van der Waals surface area contributed by atoms with Crippen LogP contribution in [-0.4, -0.2) is 7.85 Å². The molecule has 56 valence electrons. The molecule has 0 aromatic heterocycles. The quantitative estimate of drug-likeness (QED) is 0.526. The van der Waals surface area contributed by atoms with E-state index >= 15 is 0 Å². The van der Waals surface area contributed by atoms with Gasteiger partial charge in [-0.1, -0.05) is 29.5 Å². The Morgan fingerprint density at radius 1 is 1.36 bits per heavy atom. The van der Waals surface area contributed by atoms with Crippen LogP contribution in [0.3, 0.4) is 0 Å². The highest BCUT2D eigenvalue weighted by Gasteiger charge is 2.02. The van der Waals surface area contributed by atoms with Crippen molar-refractivity contribution >= 4 is 43.7 Å². The molecule has 0 nitrogen and oxygen atoms in total. The molecule has 0 bridgehead atoms. The minimum Gasteiger partial charge on any atom is -0.142 e. The Labute approximate surface area is 82.7 Å². The standard InChI is InChI=1S/C7H5BCl2S/c8-3-4-1-5(9)2-6(10)7(4)11/h1-2,11H,3H2.